The summed E-state index contributed by atoms with van der Waals surface area (Å²) in [7, 11) is 2.18. The molecule has 0 radical (unpaired) electrons. The maximum absolute atomic E-state index is 5.47. The van der Waals surface area contributed by atoms with Crippen LogP contribution in [0, 0.1) is 0 Å². The molecule has 1 aromatic heterocycles. The average Bonchev–Trinajstić information content (AvgIpc) is 2.69. The number of unbranched alkanes of at least 4 members (excludes halogenated alkanes) is 1. The molecule has 0 aromatic carbocycles. The number of nitrogens with two attached hydrogens (primary N) is 1. The molecule has 0 fully saturated rings. The first-order valence-electron chi connectivity index (χ1n) is 5.19. The Morgan fingerprint density at radius 3 is 2.86 bits per heavy atom. The van der Waals surface area contributed by atoms with E-state index in [1.807, 2.05) is 11.3 Å². The molecule has 0 aliphatic heterocycles. The maximum Gasteiger partial charge on any atom is 0.0410 e. The molecule has 0 spiro atoms. The smallest absolute Gasteiger partial charge is 0.0410 e. The molecule has 2 N–H and O–H groups in total. The highest BCUT2D eigenvalue weighted by atomic mass is 32.1. The lowest BCUT2D eigenvalue weighted by Gasteiger charge is -2.23. The average molecular weight is 212 g/mol. The Hall–Kier alpha value is -0.380. The molecule has 80 valence electrons. The standard InChI is InChI=1S/C11H20N2S/c1-10(11-6-5-9-14-11)13(2)8-4-3-7-12/h5-6,9-10H,3-4,7-8,12H2,1-2H3. The Bertz CT molecular complexity index is 233. The van der Waals surface area contributed by atoms with E-state index in [1.54, 1.807) is 0 Å². The Morgan fingerprint density at radius 1 is 1.50 bits per heavy atom. The minimum Gasteiger partial charge on any atom is -0.330 e. The third kappa shape index (κ3) is 3.40. The molecule has 1 atom stereocenters. The van der Waals surface area contributed by atoms with Gasteiger partial charge >= 0.3 is 0 Å². The van der Waals surface area contributed by atoms with Crippen molar-refractivity contribution in [2.45, 2.75) is 25.8 Å². The van der Waals surface area contributed by atoms with Crippen LogP contribution in [0.5, 0.6) is 0 Å². The van der Waals surface area contributed by atoms with Gasteiger partial charge in [0, 0.05) is 10.9 Å². The first kappa shape index (κ1) is 11.7. The van der Waals surface area contributed by atoms with Gasteiger partial charge in [-0.1, -0.05) is 6.07 Å². The summed E-state index contributed by atoms with van der Waals surface area (Å²) in [6.07, 6.45) is 2.32. The molecule has 1 rings (SSSR count). The van der Waals surface area contributed by atoms with Gasteiger partial charge in [-0.05, 0) is 51.3 Å². The van der Waals surface area contributed by atoms with E-state index in [4.69, 9.17) is 5.73 Å². The molecule has 1 unspecified atom stereocenters. The number of hydrogen-bond acceptors (Lipinski definition) is 3. The third-order valence-electron chi connectivity index (χ3n) is 2.58. The quantitative estimate of drug-likeness (QED) is 0.734. The molecule has 2 nitrogen and oxygen atoms in total. The second-order valence-electron chi connectivity index (χ2n) is 3.67. The normalized spacial score (nSPS) is 13.4. The van der Waals surface area contributed by atoms with Gasteiger partial charge in [-0.25, -0.2) is 0 Å². The van der Waals surface area contributed by atoms with Gasteiger partial charge in [0.2, 0.25) is 0 Å². The highest BCUT2D eigenvalue weighted by molar-refractivity contribution is 7.10. The Morgan fingerprint density at radius 2 is 2.29 bits per heavy atom. The lowest BCUT2D eigenvalue weighted by Crippen LogP contribution is -2.23. The van der Waals surface area contributed by atoms with Gasteiger partial charge < -0.3 is 5.73 Å². The largest absolute Gasteiger partial charge is 0.330 e. The summed E-state index contributed by atoms with van der Waals surface area (Å²) in [5, 5.41) is 2.14. The number of hydrogen-bond donors (Lipinski definition) is 1. The van der Waals surface area contributed by atoms with E-state index in [9.17, 15) is 0 Å². The van der Waals surface area contributed by atoms with Crippen molar-refractivity contribution in [3.05, 3.63) is 22.4 Å². The third-order valence-corrected chi connectivity index (χ3v) is 3.62. The minimum absolute atomic E-state index is 0.535. The van der Waals surface area contributed by atoms with E-state index in [-0.39, 0.29) is 0 Å². The molecule has 0 aliphatic carbocycles. The zero-order valence-corrected chi connectivity index (χ0v) is 9.89. The molecule has 0 aliphatic rings. The van der Waals surface area contributed by atoms with Crippen molar-refractivity contribution in [2.24, 2.45) is 5.73 Å². The van der Waals surface area contributed by atoms with Crippen LogP contribution in [0.15, 0.2) is 17.5 Å². The maximum atomic E-state index is 5.47. The van der Waals surface area contributed by atoms with Crippen molar-refractivity contribution in [1.29, 1.82) is 0 Å². The predicted molar refractivity (Wildman–Crippen MR) is 63.7 cm³/mol. The van der Waals surface area contributed by atoms with Crippen molar-refractivity contribution in [1.82, 2.24) is 4.90 Å². The molecule has 3 heteroatoms. The first-order chi connectivity index (χ1) is 6.75. The van der Waals surface area contributed by atoms with E-state index < -0.39 is 0 Å². The van der Waals surface area contributed by atoms with Crippen molar-refractivity contribution in [2.75, 3.05) is 20.1 Å². The van der Waals surface area contributed by atoms with Gasteiger partial charge in [-0.3, -0.25) is 4.90 Å². The van der Waals surface area contributed by atoms with Crippen molar-refractivity contribution in [3.63, 3.8) is 0 Å². The van der Waals surface area contributed by atoms with E-state index >= 15 is 0 Å². The molecule has 14 heavy (non-hydrogen) atoms. The zero-order chi connectivity index (χ0) is 10.4. The van der Waals surface area contributed by atoms with E-state index in [1.165, 1.54) is 11.3 Å². The Kier molecular flexibility index (Phi) is 5.15. The van der Waals surface area contributed by atoms with Crippen LogP contribution in [0.4, 0.5) is 0 Å². The molecule has 1 heterocycles. The molecular weight excluding hydrogens is 192 g/mol. The van der Waals surface area contributed by atoms with Gasteiger partial charge in [-0.15, -0.1) is 11.3 Å². The minimum atomic E-state index is 0.535. The lowest BCUT2D eigenvalue weighted by atomic mass is 10.2. The number of rotatable bonds is 6. The van der Waals surface area contributed by atoms with Gasteiger partial charge in [0.15, 0.2) is 0 Å². The summed E-state index contributed by atoms with van der Waals surface area (Å²) in [4.78, 5) is 3.84. The van der Waals surface area contributed by atoms with Crippen molar-refractivity contribution >= 4 is 11.3 Å². The summed E-state index contributed by atoms with van der Waals surface area (Å²) in [6, 6.07) is 4.85. The summed E-state index contributed by atoms with van der Waals surface area (Å²) < 4.78 is 0. The van der Waals surface area contributed by atoms with Crippen LogP contribution in [0.3, 0.4) is 0 Å². The van der Waals surface area contributed by atoms with Crippen LogP contribution in [-0.4, -0.2) is 25.0 Å². The second-order valence-corrected chi connectivity index (χ2v) is 4.65. The first-order valence-corrected chi connectivity index (χ1v) is 6.07. The molecule has 0 bridgehead atoms. The van der Waals surface area contributed by atoms with Crippen LogP contribution in [0.25, 0.3) is 0 Å². The summed E-state index contributed by atoms with van der Waals surface area (Å²) in [6.45, 7) is 4.20. The van der Waals surface area contributed by atoms with Gasteiger partial charge in [0.1, 0.15) is 0 Å². The van der Waals surface area contributed by atoms with Crippen LogP contribution >= 0.6 is 11.3 Å². The van der Waals surface area contributed by atoms with Crippen molar-refractivity contribution < 1.29 is 0 Å². The van der Waals surface area contributed by atoms with E-state index in [0.717, 1.165) is 19.5 Å². The van der Waals surface area contributed by atoms with Gasteiger partial charge in [0.05, 0.1) is 0 Å². The van der Waals surface area contributed by atoms with Crippen LogP contribution in [-0.2, 0) is 0 Å². The Labute approximate surface area is 90.7 Å². The van der Waals surface area contributed by atoms with E-state index in [2.05, 4.69) is 36.4 Å². The number of thiophene rings is 1. The van der Waals surface area contributed by atoms with Gasteiger partial charge in [-0.2, -0.15) is 0 Å². The number of nitrogens with zero attached hydrogens (tertiary/aromatic N) is 1. The lowest BCUT2D eigenvalue weighted by molar-refractivity contribution is 0.260. The fourth-order valence-electron chi connectivity index (χ4n) is 1.45. The molecule has 0 amide bonds. The SMILES string of the molecule is CC(c1cccs1)N(C)CCCCN. The monoisotopic (exact) mass is 212 g/mol. The fraction of sp³-hybridized carbons (Fsp3) is 0.636. The topological polar surface area (TPSA) is 29.3 Å². The molecule has 0 saturated carbocycles. The predicted octanol–water partition coefficient (Wildman–Crippen LogP) is 2.48. The summed E-state index contributed by atoms with van der Waals surface area (Å²) in [5.74, 6) is 0. The van der Waals surface area contributed by atoms with Crippen LogP contribution in [0.1, 0.15) is 30.7 Å². The highest BCUT2D eigenvalue weighted by Gasteiger charge is 2.11. The highest BCUT2D eigenvalue weighted by Crippen LogP contribution is 2.23. The molecular formula is C11H20N2S. The Balaban J connectivity index is 2.33. The van der Waals surface area contributed by atoms with E-state index in [0.29, 0.717) is 6.04 Å². The fourth-order valence-corrected chi connectivity index (χ4v) is 2.29. The summed E-state index contributed by atoms with van der Waals surface area (Å²) in [5.41, 5.74) is 5.47. The van der Waals surface area contributed by atoms with Crippen LogP contribution < -0.4 is 5.73 Å². The molecule has 0 saturated heterocycles. The summed E-state index contributed by atoms with van der Waals surface area (Å²) >= 11 is 1.83. The van der Waals surface area contributed by atoms with Crippen molar-refractivity contribution in [3.8, 4) is 0 Å². The van der Waals surface area contributed by atoms with Gasteiger partial charge in [0.25, 0.3) is 0 Å². The molecule has 1 aromatic rings. The van der Waals surface area contributed by atoms with Crippen LogP contribution in [0.2, 0.25) is 0 Å². The second kappa shape index (κ2) is 6.17. The zero-order valence-electron chi connectivity index (χ0n) is 9.07.